The van der Waals surface area contributed by atoms with Gasteiger partial charge in [0.05, 0.1) is 19.5 Å². The lowest BCUT2D eigenvalue weighted by atomic mass is 10.1. The topological polar surface area (TPSA) is 8.81 Å². The van der Waals surface area contributed by atoms with Crippen LogP contribution in [0.4, 0.5) is 0 Å². The van der Waals surface area contributed by atoms with Gasteiger partial charge in [-0.3, -0.25) is 0 Å². The van der Waals surface area contributed by atoms with E-state index in [9.17, 15) is 0 Å². The van der Waals surface area contributed by atoms with Crippen molar-refractivity contribution in [3.05, 3.63) is 54.1 Å². The van der Waals surface area contributed by atoms with Crippen LogP contribution in [0.15, 0.2) is 42.7 Å². The van der Waals surface area contributed by atoms with E-state index in [1.165, 1.54) is 17.8 Å². The number of nitrogens with zero attached hydrogens (tertiary/aromatic N) is 2. The van der Waals surface area contributed by atoms with Crippen LogP contribution in [0, 0.1) is 0 Å². The molecule has 0 N–H and O–H groups in total. The second-order valence-corrected chi connectivity index (χ2v) is 5.20. The van der Waals surface area contributed by atoms with Crippen LogP contribution in [0.2, 0.25) is 0 Å². The molecule has 0 radical (unpaired) electrons. The highest BCUT2D eigenvalue weighted by atomic mass is 15.1. The summed E-state index contributed by atoms with van der Waals surface area (Å²) in [4.78, 5) is 0. The normalized spacial score (nSPS) is 11.1. The van der Waals surface area contributed by atoms with Gasteiger partial charge in [0, 0.05) is 0 Å². The molecule has 0 spiro atoms. The van der Waals surface area contributed by atoms with E-state index >= 15 is 0 Å². The second kappa shape index (κ2) is 5.85. The van der Waals surface area contributed by atoms with Crippen LogP contribution in [-0.2, 0) is 20.0 Å². The van der Waals surface area contributed by atoms with E-state index < -0.39 is 0 Å². The van der Waals surface area contributed by atoms with Crippen molar-refractivity contribution in [1.82, 2.24) is 4.57 Å². The average Bonchev–Trinajstić information content (AvgIpc) is 2.72. The average molecular weight is 243 g/mol. The van der Waals surface area contributed by atoms with Gasteiger partial charge in [0.2, 0.25) is 0 Å². The maximum Gasteiger partial charge on any atom is 0.258 e. The molecule has 0 atom stereocenters. The third kappa shape index (κ3) is 3.00. The Bertz CT molecular complexity index is 483. The number of hydrogen-bond donors (Lipinski definition) is 0. The molecule has 0 fully saturated rings. The quantitative estimate of drug-likeness (QED) is 0.714. The highest BCUT2D eigenvalue weighted by Crippen LogP contribution is 2.09. The zero-order valence-corrected chi connectivity index (χ0v) is 11.6. The van der Waals surface area contributed by atoms with Crippen molar-refractivity contribution in [3.63, 3.8) is 0 Å². The first-order valence-corrected chi connectivity index (χ1v) is 6.77. The molecule has 96 valence electrons. The van der Waals surface area contributed by atoms with Gasteiger partial charge in [-0.15, -0.1) is 0 Å². The number of imidazole rings is 1. The lowest BCUT2D eigenvalue weighted by Crippen LogP contribution is -2.37. The summed E-state index contributed by atoms with van der Waals surface area (Å²) in [5.41, 5.74) is 1.43. The first-order valence-electron chi connectivity index (χ1n) is 6.77. The van der Waals surface area contributed by atoms with E-state index in [0.717, 1.165) is 13.0 Å². The SMILES string of the molecule is CC(C)c1n(C)cc[n+]1CCCc1ccccc1. The summed E-state index contributed by atoms with van der Waals surface area (Å²) in [6, 6.07) is 10.7. The number of hydrogen-bond acceptors (Lipinski definition) is 0. The van der Waals surface area contributed by atoms with Crippen LogP contribution in [0.25, 0.3) is 0 Å². The fraction of sp³-hybridized carbons (Fsp3) is 0.438. The Morgan fingerprint density at radius 3 is 2.56 bits per heavy atom. The minimum Gasteiger partial charge on any atom is -0.237 e. The summed E-state index contributed by atoms with van der Waals surface area (Å²) < 4.78 is 4.61. The zero-order chi connectivity index (χ0) is 13.0. The van der Waals surface area contributed by atoms with Crippen molar-refractivity contribution in [2.45, 2.75) is 39.2 Å². The van der Waals surface area contributed by atoms with E-state index in [0.29, 0.717) is 5.92 Å². The zero-order valence-electron chi connectivity index (χ0n) is 11.6. The minimum absolute atomic E-state index is 0.571. The number of benzene rings is 1. The summed E-state index contributed by atoms with van der Waals surface area (Å²) in [5.74, 6) is 1.98. The third-order valence-electron chi connectivity index (χ3n) is 3.35. The van der Waals surface area contributed by atoms with Gasteiger partial charge in [-0.25, -0.2) is 9.13 Å². The van der Waals surface area contributed by atoms with Crippen LogP contribution in [-0.4, -0.2) is 4.57 Å². The van der Waals surface area contributed by atoms with E-state index in [4.69, 9.17) is 0 Å². The smallest absolute Gasteiger partial charge is 0.237 e. The van der Waals surface area contributed by atoms with Crippen molar-refractivity contribution in [1.29, 1.82) is 0 Å². The monoisotopic (exact) mass is 243 g/mol. The van der Waals surface area contributed by atoms with Gasteiger partial charge in [-0.2, -0.15) is 0 Å². The van der Waals surface area contributed by atoms with E-state index in [2.05, 4.69) is 72.8 Å². The highest BCUT2D eigenvalue weighted by molar-refractivity contribution is 5.14. The second-order valence-electron chi connectivity index (χ2n) is 5.20. The molecule has 0 amide bonds. The highest BCUT2D eigenvalue weighted by Gasteiger charge is 2.17. The Morgan fingerprint density at radius 2 is 1.89 bits per heavy atom. The van der Waals surface area contributed by atoms with Crippen molar-refractivity contribution >= 4 is 0 Å². The maximum absolute atomic E-state index is 2.38. The van der Waals surface area contributed by atoms with Gasteiger partial charge in [0.15, 0.2) is 0 Å². The van der Waals surface area contributed by atoms with Gasteiger partial charge in [-0.05, 0) is 18.4 Å². The van der Waals surface area contributed by atoms with Gasteiger partial charge in [0.25, 0.3) is 5.82 Å². The molecule has 2 aromatic rings. The summed E-state index contributed by atoms with van der Waals surface area (Å²) in [6.45, 7) is 5.61. The molecule has 0 saturated heterocycles. The molecule has 2 heteroatoms. The predicted molar refractivity (Wildman–Crippen MR) is 74.5 cm³/mol. The molecule has 0 bridgehead atoms. The molecule has 0 aliphatic carbocycles. The van der Waals surface area contributed by atoms with Crippen LogP contribution >= 0.6 is 0 Å². The van der Waals surface area contributed by atoms with Gasteiger partial charge < -0.3 is 0 Å². The Balaban J connectivity index is 1.95. The summed E-state index contributed by atoms with van der Waals surface area (Å²) in [6.07, 6.45) is 6.69. The predicted octanol–water partition coefficient (Wildman–Crippen LogP) is 3.07. The van der Waals surface area contributed by atoms with Crippen molar-refractivity contribution in [2.75, 3.05) is 0 Å². The minimum atomic E-state index is 0.571. The van der Waals surface area contributed by atoms with Crippen molar-refractivity contribution in [3.8, 4) is 0 Å². The van der Waals surface area contributed by atoms with Crippen LogP contribution in [0.1, 0.15) is 37.6 Å². The number of aromatic nitrogens is 2. The molecule has 18 heavy (non-hydrogen) atoms. The number of rotatable bonds is 5. The van der Waals surface area contributed by atoms with Crippen LogP contribution in [0.3, 0.4) is 0 Å². The standard InChI is InChI=1S/C16H23N2/c1-14(2)16-17(3)12-13-18(16)11-7-10-15-8-5-4-6-9-15/h4-6,8-9,12-14H,7,10-11H2,1-3H3/q+1. The summed E-state index contributed by atoms with van der Waals surface area (Å²) >= 11 is 0. The molecule has 2 rings (SSSR count). The first-order chi connectivity index (χ1) is 8.68. The fourth-order valence-electron chi connectivity index (χ4n) is 2.56. The first kappa shape index (κ1) is 12.9. The van der Waals surface area contributed by atoms with E-state index in [1.807, 2.05) is 0 Å². The molecular formula is C16H23N2+. The molecule has 0 saturated carbocycles. The largest absolute Gasteiger partial charge is 0.258 e. The van der Waals surface area contributed by atoms with Crippen LogP contribution in [0.5, 0.6) is 0 Å². The number of aryl methyl sites for hydroxylation is 3. The molecule has 1 heterocycles. The third-order valence-corrected chi connectivity index (χ3v) is 3.35. The lowest BCUT2D eigenvalue weighted by Gasteiger charge is -2.05. The Morgan fingerprint density at radius 1 is 1.17 bits per heavy atom. The van der Waals surface area contributed by atoms with Crippen molar-refractivity contribution < 1.29 is 4.57 Å². The van der Waals surface area contributed by atoms with Crippen molar-refractivity contribution in [2.24, 2.45) is 7.05 Å². The molecule has 0 unspecified atom stereocenters. The Labute approximate surface area is 110 Å². The molecule has 1 aromatic carbocycles. The fourth-order valence-corrected chi connectivity index (χ4v) is 2.56. The molecule has 2 nitrogen and oxygen atoms in total. The molecule has 0 aliphatic heterocycles. The summed E-state index contributed by atoms with van der Waals surface area (Å²) in [5, 5.41) is 0. The van der Waals surface area contributed by atoms with Crippen LogP contribution < -0.4 is 4.57 Å². The molecule has 1 aromatic heterocycles. The van der Waals surface area contributed by atoms with Gasteiger partial charge in [0.1, 0.15) is 12.4 Å². The van der Waals surface area contributed by atoms with Gasteiger partial charge >= 0.3 is 0 Å². The Kier molecular flexibility index (Phi) is 4.19. The molecular weight excluding hydrogens is 220 g/mol. The van der Waals surface area contributed by atoms with Gasteiger partial charge in [-0.1, -0.05) is 44.2 Å². The molecule has 0 aliphatic rings. The Hall–Kier alpha value is -1.57. The lowest BCUT2D eigenvalue weighted by molar-refractivity contribution is -0.705. The summed E-state index contributed by atoms with van der Waals surface area (Å²) in [7, 11) is 2.13. The van der Waals surface area contributed by atoms with E-state index in [1.54, 1.807) is 0 Å². The maximum atomic E-state index is 2.38. The van der Waals surface area contributed by atoms with E-state index in [-0.39, 0.29) is 0 Å².